The molecule has 1 N–H and O–H groups in total. The normalized spacial score (nSPS) is 23.7. The summed E-state index contributed by atoms with van der Waals surface area (Å²) < 4.78 is 0. The molecule has 0 aliphatic carbocycles. The number of hydrogen-bond donors (Lipinski definition) is 1. The highest BCUT2D eigenvalue weighted by atomic mass is 35.5. The largest absolute Gasteiger partial charge is 0.368 e. The molecular weight excluding hydrogens is 252 g/mol. The van der Waals surface area contributed by atoms with Gasteiger partial charge in [0.2, 0.25) is 0 Å². The van der Waals surface area contributed by atoms with Crippen LogP contribution in [0.5, 0.6) is 0 Å². The minimum atomic E-state index is -0.809. The zero-order valence-electron chi connectivity index (χ0n) is 10.1. The second kappa shape index (κ2) is 5.26. The molecule has 0 aromatic heterocycles. The summed E-state index contributed by atoms with van der Waals surface area (Å²) >= 11 is 0. The summed E-state index contributed by atoms with van der Waals surface area (Å²) in [6.45, 7) is 1.72. The lowest BCUT2D eigenvalue weighted by Gasteiger charge is -2.36. The van der Waals surface area contributed by atoms with Gasteiger partial charge in [0.15, 0.2) is 6.23 Å². The molecule has 1 aromatic rings. The van der Waals surface area contributed by atoms with Crippen molar-refractivity contribution in [3.05, 3.63) is 35.4 Å². The molecule has 1 saturated heterocycles. The maximum Gasteiger partial charge on any atom is 0.271 e. The molecule has 1 unspecified atom stereocenters. The molecule has 1 aromatic carbocycles. The summed E-state index contributed by atoms with van der Waals surface area (Å²) in [5.41, 5.74) is 1.36. The molecule has 0 bridgehead atoms. The van der Waals surface area contributed by atoms with E-state index in [1.54, 1.807) is 6.07 Å². The van der Waals surface area contributed by atoms with Crippen LogP contribution in [0.1, 0.15) is 41.4 Å². The lowest BCUT2D eigenvalue weighted by atomic mass is 10.1. The van der Waals surface area contributed by atoms with E-state index in [0.717, 1.165) is 31.5 Å². The quantitative estimate of drug-likeness (QED) is 0.847. The molecule has 2 aliphatic heterocycles. The smallest absolute Gasteiger partial charge is 0.271 e. The van der Waals surface area contributed by atoms with Gasteiger partial charge < -0.3 is 5.11 Å². The van der Waals surface area contributed by atoms with Gasteiger partial charge in [-0.3, -0.25) is 4.79 Å². The lowest BCUT2D eigenvalue weighted by molar-refractivity contribution is -0.110. The van der Waals surface area contributed by atoms with Crippen LogP contribution in [-0.2, 0) is 0 Å². The van der Waals surface area contributed by atoms with Crippen molar-refractivity contribution < 1.29 is 9.90 Å². The summed E-state index contributed by atoms with van der Waals surface area (Å²) in [5.74, 6) is -0.0741. The Morgan fingerprint density at radius 2 is 1.78 bits per heavy atom. The molecule has 1 atom stereocenters. The number of carbonyl (C=O) groups is 1. The van der Waals surface area contributed by atoms with Gasteiger partial charge in [0.1, 0.15) is 0 Å². The zero-order valence-corrected chi connectivity index (χ0v) is 10.9. The summed E-state index contributed by atoms with van der Waals surface area (Å²) in [5, 5.41) is 13.7. The molecule has 0 spiro atoms. The Labute approximate surface area is 113 Å². The summed E-state index contributed by atoms with van der Waals surface area (Å²) in [4.78, 5) is 12.2. The van der Waals surface area contributed by atoms with E-state index in [1.165, 1.54) is 11.4 Å². The second-order valence-corrected chi connectivity index (χ2v) is 4.62. The van der Waals surface area contributed by atoms with Gasteiger partial charge in [-0.2, -0.15) is 0 Å². The Balaban J connectivity index is 0.00000120. The first-order valence-corrected chi connectivity index (χ1v) is 6.14. The van der Waals surface area contributed by atoms with Crippen molar-refractivity contribution in [2.75, 3.05) is 13.1 Å². The van der Waals surface area contributed by atoms with E-state index in [-0.39, 0.29) is 18.3 Å². The van der Waals surface area contributed by atoms with Gasteiger partial charge in [-0.1, -0.05) is 24.6 Å². The van der Waals surface area contributed by atoms with Crippen molar-refractivity contribution in [2.24, 2.45) is 0 Å². The Morgan fingerprint density at radius 3 is 2.44 bits per heavy atom. The molecule has 2 heterocycles. The van der Waals surface area contributed by atoms with Crippen molar-refractivity contribution >= 4 is 18.3 Å². The number of carbonyl (C=O) groups excluding carboxylic acids is 1. The Hall–Kier alpha value is -1.10. The highest BCUT2D eigenvalue weighted by molar-refractivity contribution is 5.98. The van der Waals surface area contributed by atoms with Crippen molar-refractivity contribution in [1.29, 1.82) is 0 Å². The molecule has 2 aliphatic rings. The average Bonchev–Trinajstić information content (AvgIpc) is 2.64. The van der Waals surface area contributed by atoms with Crippen LogP contribution in [0.3, 0.4) is 0 Å². The van der Waals surface area contributed by atoms with Gasteiger partial charge in [0, 0.05) is 24.2 Å². The van der Waals surface area contributed by atoms with E-state index in [2.05, 4.69) is 0 Å². The molecule has 4 nitrogen and oxygen atoms in total. The zero-order chi connectivity index (χ0) is 11.8. The fourth-order valence-electron chi connectivity index (χ4n) is 2.66. The third-order valence-electron chi connectivity index (χ3n) is 3.55. The van der Waals surface area contributed by atoms with E-state index in [0.29, 0.717) is 5.56 Å². The Kier molecular flexibility index (Phi) is 3.90. The highest BCUT2D eigenvalue weighted by Crippen LogP contribution is 2.33. The molecule has 0 saturated carbocycles. The monoisotopic (exact) mass is 268 g/mol. The second-order valence-electron chi connectivity index (χ2n) is 4.62. The van der Waals surface area contributed by atoms with Gasteiger partial charge in [0.25, 0.3) is 5.91 Å². The van der Waals surface area contributed by atoms with Crippen LogP contribution in [-0.4, -0.2) is 34.1 Å². The molecule has 1 fully saturated rings. The van der Waals surface area contributed by atoms with Gasteiger partial charge in [-0.05, 0) is 18.9 Å². The van der Waals surface area contributed by atoms with Crippen molar-refractivity contribution in [3.63, 3.8) is 0 Å². The van der Waals surface area contributed by atoms with Crippen LogP contribution in [0, 0.1) is 0 Å². The number of aliphatic hydroxyl groups is 1. The Morgan fingerprint density at radius 1 is 1.11 bits per heavy atom. The molecule has 0 radical (unpaired) electrons. The van der Waals surface area contributed by atoms with E-state index in [9.17, 15) is 9.90 Å². The number of benzene rings is 1. The molecule has 1 amide bonds. The first kappa shape index (κ1) is 13.3. The van der Waals surface area contributed by atoms with Crippen LogP contribution in [0.15, 0.2) is 24.3 Å². The standard InChI is InChI=1S/C13H16N2O2.ClH/c16-12-10-6-2-3-7-11(10)13(17)15(12)14-8-4-1-5-9-14;/h2-3,6-7,12,16H,1,4-5,8-9H2;1H. The lowest BCUT2D eigenvalue weighted by Crippen LogP contribution is -2.47. The number of rotatable bonds is 1. The SMILES string of the molecule is Cl.O=C1c2ccccc2C(O)N1N1CCCCC1. The third-order valence-corrected chi connectivity index (χ3v) is 3.55. The number of piperidine rings is 1. The maximum atomic E-state index is 12.2. The summed E-state index contributed by atoms with van der Waals surface area (Å²) in [7, 11) is 0. The number of amides is 1. The van der Waals surface area contributed by atoms with Crippen LogP contribution in [0.2, 0.25) is 0 Å². The average molecular weight is 269 g/mol. The van der Waals surface area contributed by atoms with Gasteiger partial charge in [0.05, 0.1) is 0 Å². The first-order chi connectivity index (χ1) is 8.29. The van der Waals surface area contributed by atoms with Gasteiger partial charge in [-0.25, -0.2) is 10.0 Å². The van der Waals surface area contributed by atoms with E-state index in [4.69, 9.17) is 0 Å². The molecule has 18 heavy (non-hydrogen) atoms. The Bertz CT molecular complexity index is 446. The number of aliphatic hydroxyl groups excluding tert-OH is 1. The number of fused-ring (bicyclic) bond motifs is 1. The number of nitrogens with zero attached hydrogens (tertiary/aromatic N) is 2. The predicted octanol–water partition coefficient (Wildman–Crippen LogP) is 1.96. The van der Waals surface area contributed by atoms with Crippen LogP contribution >= 0.6 is 12.4 Å². The summed E-state index contributed by atoms with van der Waals surface area (Å²) in [6.07, 6.45) is 2.58. The van der Waals surface area contributed by atoms with Crippen LogP contribution < -0.4 is 0 Å². The van der Waals surface area contributed by atoms with Gasteiger partial charge >= 0.3 is 0 Å². The van der Waals surface area contributed by atoms with Crippen molar-refractivity contribution in [3.8, 4) is 0 Å². The van der Waals surface area contributed by atoms with Crippen molar-refractivity contribution in [1.82, 2.24) is 10.0 Å². The summed E-state index contributed by atoms with van der Waals surface area (Å²) in [6, 6.07) is 7.30. The molecule has 98 valence electrons. The number of hydrogen-bond acceptors (Lipinski definition) is 3. The molecular formula is C13H17ClN2O2. The van der Waals surface area contributed by atoms with E-state index >= 15 is 0 Å². The third kappa shape index (κ3) is 2.00. The minimum absolute atomic E-state index is 0. The molecule has 5 heteroatoms. The maximum absolute atomic E-state index is 12.2. The highest BCUT2D eigenvalue weighted by Gasteiger charge is 2.39. The fourth-order valence-corrected chi connectivity index (χ4v) is 2.66. The van der Waals surface area contributed by atoms with E-state index in [1.807, 2.05) is 23.2 Å². The van der Waals surface area contributed by atoms with Crippen LogP contribution in [0.4, 0.5) is 0 Å². The number of hydrazine groups is 1. The minimum Gasteiger partial charge on any atom is -0.368 e. The van der Waals surface area contributed by atoms with Gasteiger partial charge in [-0.15, -0.1) is 12.4 Å². The van der Waals surface area contributed by atoms with E-state index < -0.39 is 6.23 Å². The first-order valence-electron chi connectivity index (χ1n) is 6.14. The van der Waals surface area contributed by atoms with Crippen LogP contribution in [0.25, 0.3) is 0 Å². The van der Waals surface area contributed by atoms with Crippen molar-refractivity contribution in [2.45, 2.75) is 25.5 Å². The fraction of sp³-hybridized carbons (Fsp3) is 0.462. The topological polar surface area (TPSA) is 43.8 Å². The molecule has 3 rings (SSSR count). The number of halogens is 1. The predicted molar refractivity (Wildman–Crippen MR) is 70.2 cm³/mol.